The van der Waals surface area contributed by atoms with Crippen LogP contribution in [0.4, 0.5) is 5.69 Å². The van der Waals surface area contributed by atoms with E-state index in [1.54, 1.807) is 0 Å². The molecule has 0 spiro atoms. The molecule has 1 aromatic rings. The SMILES string of the molecule is C#Cc1scc(C)c1NC(=O)[C@@H]1CCCCN1CCC.Cl. The third-order valence-electron chi connectivity index (χ3n) is 3.78. The second-order valence-corrected chi connectivity index (χ2v) is 6.18. The highest BCUT2D eigenvalue weighted by molar-refractivity contribution is 7.11. The van der Waals surface area contributed by atoms with Crippen molar-refractivity contribution in [1.29, 1.82) is 0 Å². The number of hydrogen-bond acceptors (Lipinski definition) is 3. The van der Waals surface area contributed by atoms with Crippen molar-refractivity contribution in [2.45, 2.75) is 45.6 Å². The van der Waals surface area contributed by atoms with Crippen molar-refractivity contribution >= 4 is 35.3 Å². The van der Waals surface area contributed by atoms with Crippen molar-refractivity contribution in [3.63, 3.8) is 0 Å². The standard InChI is InChI=1S/C16H22N2OS.ClH/c1-4-9-18-10-7-6-8-13(18)16(19)17-15-12(3)11-20-14(15)5-2;/h2,11,13H,4,6-10H2,1,3H3,(H,17,19);1H/t13-;/m0./s1. The zero-order chi connectivity index (χ0) is 14.5. The van der Waals surface area contributed by atoms with Crippen molar-refractivity contribution in [2.75, 3.05) is 18.4 Å². The van der Waals surface area contributed by atoms with E-state index in [0.717, 1.165) is 48.5 Å². The van der Waals surface area contributed by atoms with E-state index in [1.807, 2.05) is 12.3 Å². The number of aryl methyl sites for hydroxylation is 1. The molecule has 21 heavy (non-hydrogen) atoms. The van der Waals surface area contributed by atoms with E-state index in [2.05, 4.69) is 23.1 Å². The van der Waals surface area contributed by atoms with Gasteiger partial charge in [0, 0.05) is 0 Å². The number of hydrogen-bond donors (Lipinski definition) is 1. The summed E-state index contributed by atoms with van der Waals surface area (Å²) < 4.78 is 0. The van der Waals surface area contributed by atoms with Crippen LogP contribution >= 0.6 is 23.7 Å². The van der Waals surface area contributed by atoms with Gasteiger partial charge in [0.2, 0.25) is 5.91 Å². The molecule has 0 radical (unpaired) electrons. The lowest BCUT2D eigenvalue weighted by molar-refractivity contribution is -0.122. The van der Waals surface area contributed by atoms with Gasteiger partial charge in [0.25, 0.3) is 0 Å². The second-order valence-electron chi connectivity index (χ2n) is 5.30. The molecule has 116 valence electrons. The minimum atomic E-state index is -0.00590. The van der Waals surface area contributed by atoms with Gasteiger partial charge in [-0.3, -0.25) is 9.69 Å². The average molecular weight is 327 g/mol. The smallest absolute Gasteiger partial charge is 0.241 e. The number of halogens is 1. The lowest BCUT2D eigenvalue weighted by Crippen LogP contribution is -2.47. The first kappa shape index (κ1) is 18.0. The van der Waals surface area contributed by atoms with Crippen molar-refractivity contribution in [2.24, 2.45) is 0 Å². The van der Waals surface area contributed by atoms with Crippen LogP contribution in [0.2, 0.25) is 0 Å². The summed E-state index contributed by atoms with van der Waals surface area (Å²) in [6.07, 6.45) is 9.84. The number of rotatable bonds is 4. The molecule has 1 aromatic heterocycles. The zero-order valence-electron chi connectivity index (χ0n) is 12.6. The number of nitrogens with one attached hydrogen (secondary N) is 1. The van der Waals surface area contributed by atoms with Crippen LogP contribution in [0.15, 0.2) is 5.38 Å². The van der Waals surface area contributed by atoms with Gasteiger partial charge in [0.05, 0.1) is 11.7 Å². The van der Waals surface area contributed by atoms with Crippen LogP contribution in [0.1, 0.15) is 43.0 Å². The van der Waals surface area contributed by atoms with Gasteiger partial charge in [0.15, 0.2) is 0 Å². The van der Waals surface area contributed by atoms with Gasteiger partial charge in [0.1, 0.15) is 4.88 Å². The van der Waals surface area contributed by atoms with Gasteiger partial charge in [-0.15, -0.1) is 30.2 Å². The third-order valence-corrected chi connectivity index (χ3v) is 4.81. The van der Waals surface area contributed by atoms with E-state index in [4.69, 9.17) is 6.42 Å². The highest BCUT2D eigenvalue weighted by atomic mass is 35.5. The topological polar surface area (TPSA) is 32.3 Å². The summed E-state index contributed by atoms with van der Waals surface area (Å²) in [4.78, 5) is 15.7. The predicted octanol–water partition coefficient (Wildman–Crippen LogP) is 3.66. The Morgan fingerprint density at radius 2 is 2.33 bits per heavy atom. The molecule has 1 N–H and O–H groups in total. The molecule has 0 bridgehead atoms. The quantitative estimate of drug-likeness (QED) is 0.856. The van der Waals surface area contributed by atoms with Crippen molar-refractivity contribution in [3.05, 3.63) is 15.8 Å². The van der Waals surface area contributed by atoms with Crippen molar-refractivity contribution in [1.82, 2.24) is 4.90 Å². The lowest BCUT2D eigenvalue weighted by atomic mass is 10.0. The molecule has 3 nitrogen and oxygen atoms in total. The molecule has 2 heterocycles. The summed E-state index contributed by atoms with van der Waals surface area (Å²) in [5.74, 6) is 2.74. The molecule has 0 saturated carbocycles. The highest BCUT2D eigenvalue weighted by Crippen LogP contribution is 2.28. The molecule has 1 fully saturated rings. The fraction of sp³-hybridized carbons (Fsp3) is 0.562. The molecule has 1 aliphatic rings. The monoisotopic (exact) mass is 326 g/mol. The first-order chi connectivity index (χ1) is 9.67. The molecule has 1 amide bonds. The van der Waals surface area contributed by atoms with Crippen LogP contribution in [0, 0.1) is 19.3 Å². The minimum Gasteiger partial charge on any atom is -0.323 e. The fourth-order valence-corrected chi connectivity index (χ4v) is 3.57. The lowest BCUT2D eigenvalue weighted by Gasteiger charge is -2.34. The maximum Gasteiger partial charge on any atom is 0.241 e. The van der Waals surface area contributed by atoms with Gasteiger partial charge < -0.3 is 5.32 Å². The summed E-state index contributed by atoms with van der Waals surface area (Å²) in [6, 6.07) is -0.00590. The number of nitrogens with zero attached hydrogens (tertiary/aromatic N) is 1. The number of piperidine rings is 1. The molecule has 0 unspecified atom stereocenters. The first-order valence-corrected chi connectivity index (χ1v) is 8.15. The number of anilines is 1. The maximum atomic E-state index is 12.6. The van der Waals surface area contributed by atoms with Crippen molar-refractivity contribution < 1.29 is 4.79 Å². The molecule has 0 aromatic carbocycles. The highest BCUT2D eigenvalue weighted by Gasteiger charge is 2.28. The average Bonchev–Trinajstić information content (AvgIpc) is 2.80. The van der Waals surface area contributed by atoms with Crippen LogP contribution in [0.25, 0.3) is 0 Å². The minimum absolute atomic E-state index is 0. The molecule has 1 atom stereocenters. The maximum absolute atomic E-state index is 12.6. The number of amides is 1. The predicted molar refractivity (Wildman–Crippen MR) is 92.4 cm³/mol. The van der Waals surface area contributed by atoms with Crippen LogP contribution in [-0.2, 0) is 4.79 Å². The normalized spacial score (nSPS) is 18.6. The van der Waals surface area contributed by atoms with Crippen LogP contribution in [0.3, 0.4) is 0 Å². The number of likely N-dealkylation sites (tertiary alicyclic amines) is 1. The van der Waals surface area contributed by atoms with Gasteiger partial charge in [-0.1, -0.05) is 19.3 Å². The molecular weight excluding hydrogens is 304 g/mol. The number of thiophene rings is 1. The van der Waals surface area contributed by atoms with Gasteiger partial charge >= 0.3 is 0 Å². The fourth-order valence-electron chi connectivity index (χ4n) is 2.76. The molecule has 5 heteroatoms. The second kappa shape index (κ2) is 8.43. The molecule has 1 aliphatic heterocycles. The summed E-state index contributed by atoms with van der Waals surface area (Å²) in [5, 5.41) is 5.05. The summed E-state index contributed by atoms with van der Waals surface area (Å²) in [7, 11) is 0. The summed E-state index contributed by atoms with van der Waals surface area (Å²) >= 11 is 1.51. The van der Waals surface area contributed by atoms with E-state index in [1.165, 1.54) is 17.8 Å². The third kappa shape index (κ3) is 4.23. The Morgan fingerprint density at radius 3 is 3.00 bits per heavy atom. The van der Waals surface area contributed by atoms with Gasteiger partial charge in [-0.25, -0.2) is 0 Å². The van der Waals surface area contributed by atoms with Crippen LogP contribution in [-0.4, -0.2) is 29.9 Å². The van der Waals surface area contributed by atoms with E-state index in [-0.39, 0.29) is 24.4 Å². The van der Waals surface area contributed by atoms with Gasteiger partial charge in [-0.05, 0) is 50.2 Å². The number of carbonyl (C=O) groups is 1. The van der Waals surface area contributed by atoms with E-state index < -0.39 is 0 Å². The Morgan fingerprint density at radius 1 is 1.57 bits per heavy atom. The summed E-state index contributed by atoms with van der Waals surface area (Å²) in [6.45, 7) is 6.15. The Bertz CT molecular complexity index is 519. The largest absolute Gasteiger partial charge is 0.323 e. The molecule has 2 rings (SSSR count). The Kier molecular flexibility index (Phi) is 7.24. The zero-order valence-corrected chi connectivity index (χ0v) is 14.3. The molecule has 1 saturated heterocycles. The summed E-state index contributed by atoms with van der Waals surface area (Å²) in [5.41, 5.74) is 1.87. The van der Waals surface area contributed by atoms with Crippen molar-refractivity contribution in [3.8, 4) is 12.3 Å². The van der Waals surface area contributed by atoms with Crippen LogP contribution in [0.5, 0.6) is 0 Å². The van der Waals surface area contributed by atoms with E-state index in [9.17, 15) is 4.79 Å². The Balaban J connectivity index is 0.00000220. The van der Waals surface area contributed by atoms with E-state index in [0.29, 0.717) is 0 Å². The molecular formula is C16H23ClN2OS. The Hall–Kier alpha value is -1.02. The number of terminal acetylenes is 1. The van der Waals surface area contributed by atoms with E-state index >= 15 is 0 Å². The molecule has 0 aliphatic carbocycles. The van der Waals surface area contributed by atoms with Gasteiger partial charge in [-0.2, -0.15) is 0 Å². The van der Waals surface area contributed by atoms with Crippen LogP contribution < -0.4 is 5.32 Å². The first-order valence-electron chi connectivity index (χ1n) is 7.27. The Labute approximate surface area is 137 Å². The number of carbonyl (C=O) groups excluding carboxylic acids is 1.